The first-order chi connectivity index (χ1) is 7.83. The summed E-state index contributed by atoms with van der Waals surface area (Å²) < 4.78 is 0. The topological polar surface area (TPSA) is 35.5 Å². The fourth-order valence-electron chi connectivity index (χ4n) is 2.05. The Balaban J connectivity index is 1.95. The molecule has 1 aliphatic heterocycles. The highest BCUT2D eigenvalue weighted by molar-refractivity contribution is 7.99. The smallest absolute Gasteiger partial charge is 0.0438 e. The molecule has 1 fully saturated rings. The molecule has 0 amide bonds. The summed E-state index contributed by atoms with van der Waals surface area (Å²) in [7, 11) is 2.22. The van der Waals surface area contributed by atoms with E-state index < -0.39 is 0 Å². The molecule has 2 N–H and O–H groups in total. The number of nitrogens with zero attached hydrogens (tertiary/aromatic N) is 1. The lowest BCUT2D eigenvalue weighted by Crippen LogP contribution is -2.32. The van der Waals surface area contributed by atoms with E-state index in [2.05, 4.69) is 17.3 Å². The van der Waals surface area contributed by atoms with Crippen molar-refractivity contribution in [3.63, 3.8) is 0 Å². The minimum Gasteiger partial charge on any atom is -0.396 e. The molecule has 1 aliphatic rings. The van der Waals surface area contributed by atoms with Crippen molar-refractivity contribution in [2.75, 3.05) is 44.8 Å². The maximum Gasteiger partial charge on any atom is 0.0438 e. The van der Waals surface area contributed by atoms with Gasteiger partial charge in [-0.2, -0.15) is 11.8 Å². The molecule has 96 valence electrons. The van der Waals surface area contributed by atoms with E-state index in [1.54, 1.807) is 0 Å². The van der Waals surface area contributed by atoms with E-state index >= 15 is 0 Å². The predicted molar refractivity (Wildman–Crippen MR) is 72.2 cm³/mol. The van der Waals surface area contributed by atoms with E-state index in [4.69, 9.17) is 5.11 Å². The van der Waals surface area contributed by atoms with Crippen molar-refractivity contribution >= 4 is 11.8 Å². The van der Waals surface area contributed by atoms with Crippen LogP contribution in [0.2, 0.25) is 0 Å². The first kappa shape index (κ1) is 14.3. The van der Waals surface area contributed by atoms with Gasteiger partial charge >= 0.3 is 0 Å². The first-order valence-corrected chi connectivity index (χ1v) is 7.59. The van der Waals surface area contributed by atoms with Gasteiger partial charge in [0.1, 0.15) is 0 Å². The lowest BCUT2D eigenvalue weighted by Gasteiger charge is -2.16. The fourth-order valence-corrected chi connectivity index (χ4v) is 2.85. The molecule has 16 heavy (non-hydrogen) atoms. The van der Waals surface area contributed by atoms with Crippen molar-refractivity contribution in [3.8, 4) is 0 Å². The number of thioether (sulfide) groups is 1. The summed E-state index contributed by atoms with van der Waals surface area (Å²) in [5.41, 5.74) is 0. The SMILES string of the molecule is CN1CCCC(NCCSCCCO)CC1. The number of hydrogen-bond donors (Lipinski definition) is 2. The molecule has 0 aromatic carbocycles. The van der Waals surface area contributed by atoms with Crippen LogP contribution in [0.25, 0.3) is 0 Å². The van der Waals surface area contributed by atoms with Crippen molar-refractivity contribution in [1.29, 1.82) is 0 Å². The molecule has 3 nitrogen and oxygen atoms in total. The average Bonchev–Trinajstić information content (AvgIpc) is 2.49. The van der Waals surface area contributed by atoms with E-state index in [1.165, 1.54) is 38.1 Å². The van der Waals surface area contributed by atoms with Crippen LogP contribution in [0.1, 0.15) is 25.7 Å². The van der Waals surface area contributed by atoms with Crippen LogP contribution in [0.3, 0.4) is 0 Å². The van der Waals surface area contributed by atoms with Crippen LogP contribution in [-0.4, -0.2) is 60.8 Å². The zero-order chi connectivity index (χ0) is 11.6. The van der Waals surface area contributed by atoms with Crippen LogP contribution in [0.5, 0.6) is 0 Å². The van der Waals surface area contributed by atoms with Crippen LogP contribution < -0.4 is 5.32 Å². The summed E-state index contributed by atoms with van der Waals surface area (Å²) in [4.78, 5) is 2.43. The van der Waals surface area contributed by atoms with Crippen LogP contribution >= 0.6 is 11.8 Å². The molecular weight excluding hydrogens is 220 g/mol. The van der Waals surface area contributed by atoms with E-state index in [9.17, 15) is 0 Å². The van der Waals surface area contributed by atoms with Crippen molar-refractivity contribution in [2.24, 2.45) is 0 Å². The van der Waals surface area contributed by atoms with Crippen molar-refractivity contribution in [1.82, 2.24) is 10.2 Å². The van der Waals surface area contributed by atoms with Gasteiger partial charge in [0.15, 0.2) is 0 Å². The number of aliphatic hydroxyl groups is 1. The number of likely N-dealkylation sites (tertiary alicyclic amines) is 1. The number of hydrogen-bond acceptors (Lipinski definition) is 4. The Morgan fingerprint density at radius 2 is 2.19 bits per heavy atom. The van der Waals surface area contributed by atoms with Gasteiger partial charge in [-0.05, 0) is 51.6 Å². The largest absolute Gasteiger partial charge is 0.396 e. The van der Waals surface area contributed by atoms with Gasteiger partial charge < -0.3 is 15.3 Å². The summed E-state index contributed by atoms with van der Waals surface area (Å²) in [5, 5.41) is 12.3. The Hall–Kier alpha value is 0.230. The third-order valence-corrected chi connectivity index (χ3v) is 4.15. The second kappa shape index (κ2) is 9.28. The van der Waals surface area contributed by atoms with Crippen LogP contribution in [0.15, 0.2) is 0 Å². The zero-order valence-electron chi connectivity index (χ0n) is 10.5. The van der Waals surface area contributed by atoms with Gasteiger partial charge in [-0.1, -0.05) is 0 Å². The summed E-state index contributed by atoms with van der Waals surface area (Å²) in [6.45, 7) is 3.93. The summed E-state index contributed by atoms with van der Waals surface area (Å²) in [5.74, 6) is 2.26. The first-order valence-electron chi connectivity index (χ1n) is 6.43. The lowest BCUT2D eigenvalue weighted by molar-refractivity contribution is 0.296. The Bertz CT molecular complexity index is 169. The molecule has 1 rings (SSSR count). The van der Waals surface area contributed by atoms with Crippen molar-refractivity contribution < 1.29 is 5.11 Å². The molecule has 0 aromatic rings. The zero-order valence-corrected chi connectivity index (χ0v) is 11.3. The van der Waals surface area contributed by atoms with E-state index in [-0.39, 0.29) is 0 Å². The molecule has 1 saturated heterocycles. The molecule has 1 atom stereocenters. The molecule has 0 aromatic heterocycles. The maximum atomic E-state index is 8.65. The third kappa shape index (κ3) is 6.74. The van der Waals surface area contributed by atoms with Gasteiger partial charge in [-0.15, -0.1) is 0 Å². The average molecular weight is 246 g/mol. The minimum atomic E-state index is 0.329. The second-order valence-electron chi connectivity index (χ2n) is 4.57. The number of nitrogens with one attached hydrogen (secondary N) is 1. The fraction of sp³-hybridized carbons (Fsp3) is 1.00. The Morgan fingerprint density at radius 3 is 3.00 bits per heavy atom. The van der Waals surface area contributed by atoms with Gasteiger partial charge in [0.05, 0.1) is 0 Å². The van der Waals surface area contributed by atoms with Crippen molar-refractivity contribution in [3.05, 3.63) is 0 Å². The number of aliphatic hydroxyl groups excluding tert-OH is 1. The summed E-state index contributed by atoms with van der Waals surface area (Å²) >= 11 is 1.94. The van der Waals surface area contributed by atoms with Gasteiger partial charge in [-0.25, -0.2) is 0 Å². The standard InChI is InChI=1S/C12H26N2OS/c1-14-7-2-4-12(5-8-14)13-6-11-16-10-3-9-15/h12-13,15H,2-11H2,1H3. The quantitative estimate of drug-likeness (QED) is 0.661. The molecule has 1 heterocycles. The van der Waals surface area contributed by atoms with Gasteiger partial charge in [0.25, 0.3) is 0 Å². The van der Waals surface area contributed by atoms with Crippen LogP contribution in [0.4, 0.5) is 0 Å². The molecule has 0 saturated carbocycles. The van der Waals surface area contributed by atoms with E-state index in [1.807, 2.05) is 11.8 Å². The van der Waals surface area contributed by atoms with Crippen LogP contribution in [0, 0.1) is 0 Å². The Morgan fingerprint density at radius 1 is 1.31 bits per heavy atom. The monoisotopic (exact) mass is 246 g/mol. The van der Waals surface area contributed by atoms with Gasteiger partial charge in [0.2, 0.25) is 0 Å². The highest BCUT2D eigenvalue weighted by Crippen LogP contribution is 2.09. The van der Waals surface area contributed by atoms with Gasteiger partial charge in [0, 0.05) is 24.9 Å². The number of rotatable bonds is 7. The molecule has 0 bridgehead atoms. The predicted octanol–water partition coefficient (Wildman–Crippen LogP) is 1.18. The highest BCUT2D eigenvalue weighted by atomic mass is 32.2. The molecular formula is C12H26N2OS. The maximum absolute atomic E-state index is 8.65. The Kier molecular flexibility index (Phi) is 8.29. The van der Waals surface area contributed by atoms with E-state index in [0.717, 1.165) is 24.8 Å². The highest BCUT2D eigenvalue weighted by Gasteiger charge is 2.13. The van der Waals surface area contributed by atoms with Crippen molar-refractivity contribution in [2.45, 2.75) is 31.7 Å². The summed E-state index contributed by atoms with van der Waals surface area (Å²) in [6, 6.07) is 0.725. The van der Waals surface area contributed by atoms with Gasteiger partial charge in [-0.3, -0.25) is 0 Å². The Labute approximate surface area is 104 Å². The summed E-state index contributed by atoms with van der Waals surface area (Å²) in [6.07, 6.45) is 4.87. The molecule has 0 aliphatic carbocycles. The molecule has 1 unspecified atom stereocenters. The molecule has 4 heteroatoms. The molecule has 0 spiro atoms. The van der Waals surface area contributed by atoms with E-state index in [0.29, 0.717) is 6.61 Å². The minimum absolute atomic E-state index is 0.329. The third-order valence-electron chi connectivity index (χ3n) is 3.08. The lowest BCUT2D eigenvalue weighted by atomic mass is 10.1. The van der Waals surface area contributed by atoms with Crippen LogP contribution in [-0.2, 0) is 0 Å². The molecule has 0 radical (unpaired) electrons. The normalized spacial score (nSPS) is 23.2. The second-order valence-corrected chi connectivity index (χ2v) is 5.80.